The molecule has 0 amide bonds. The summed E-state index contributed by atoms with van der Waals surface area (Å²) in [6.45, 7) is 0. The molecular formula is C6H4ClF3N2. The normalized spacial score (nSPS) is 10.8. The Hall–Kier alpha value is -0.970. The molecule has 0 aliphatic rings. The van der Waals surface area contributed by atoms with Crippen LogP contribution in [0.25, 0.3) is 0 Å². The van der Waals surface area contributed by atoms with Crippen LogP contribution in [-0.4, -0.2) is 4.98 Å². The average molecular weight is 197 g/mol. The van der Waals surface area contributed by atoms with E-state index in [1.165, 1.54) is 0 Å². The van der Waals surface area contributed by atoms with Crippen LogP contribution in [-0.2, 0) is 0 Å². The molecule has 0 aliphatic heterocycles. The van der Waals surface area contributed by atoms with Gasteiger partial charge in [0.25, 0.3) is 6.43 Å². The third-order valence-corrected chi connectivity index (χ3v) is 1.46. The Bertz CT molecular complexity index is 280. The topological polar surface area (TPSA) is 38.9 Å². The van der Waals surface area contributed by atoms with Crippen LogP contribution in [0.1, 0.15) is 12.1 Å². The fourth-order valence-electron chi connectivity index (χ4n) is 0.648. The first-order chi connectivity index (χ1) is 5.52. The molecule has 0 saturated carbocycles. The van der Waals surface area contributed by atoms with Gasteiger partial charge in [0.15, 0.2) is 11.6 Å². The minimum absolute atomic E-state index is 0.446. The second-order valence-corrected chi connectivity index (χ2v) is 2.44. The van der Waals surface area contributed by atoms with Crippen molar-refractivity contribution in [3.63, 3.8) is 0 Å². The number of aromatic nitrogens is 1. The predicted octanol–water partition coefficient (Wildman–Crippen LogP) is 2.39. The molecule has 0 unspecified atom stereocenters. The van der Waals surface area contributed by atoms with Gasteiger partial charge >= 0.3 is 0 Å². The fourth-order valence-corrected chi connectivity index (χ4v) is 0.856. The van der Waals surface area contributed by atoms with E-state index >= 15 is 0 Å². The number of anilines is 1. The van der Waals surface area contributed by atoms with E-state index in [1.54, 1.807) is 0 Å². The quantitative estimate of drug-likeness (QED) is 0.749. The number of halogens is 4. The van der Waals surface area contributed by atoms with Crippen molar-refractivity contribution < 1.29 is 13.2 Å². The molecule has 1 heterocycles. The summed E-state index contributed by atoms with van der Waals surface area (Å²) in [6, 6.07) is 0.748. The molecule has 0 radical (unpaired) electrons. The van der Waals surface area contributed by atoms with Gasteiger partial charge < -0.3 is 5.73 Å². The van der Waals surface area contributed by atoms with Crippen molar-refractivity contribution in [3.8, 4) is 0 Å². The molecule has 66 valence electrons. The fraction of sp³-hybridized carbons (Fsp3) is 0.167. The summed E-state index contributed by atoms with van der Waals surface area (Å²) in [7, 11) is 0. The standard InChI is InChI=1S/C6H4ClF3N2/c7-2-1-3(5(9)10)12-6(11)4(2)8/h1,5H,(H2,11,12). The first-order valence-electron chi connectivity index (χ1n) is 2.92. The summed E-state index contributed by atoms with van der Waals surface area (Å²) in [6.07, 6.45) is -2.80. The van der Waals surface area contributed by atoms with E-state index in [1.807, 2.05) is 0 Å². The zero-order valence-corrected chi connectivity index (χ0v) is 6.45. The summed E-state index contributed by atoms with van der Waals surface area (Å²) >= 11 is 5.23. The second kappa shape index (κ2) is 3.18. The lowest BCUT2D eigenvalue weighted by Crippen LogP contribution is -2.00. The van der Waals surface area contributed by atoms with Crippen molar-refractivity contribution in [2.45, 2.75) is 6.43 Å². The van der Waals surface area contributed by atoms with Crippen LogP contribution < -0.4 is 5.73 Å². The molecule has 1 aromatic heterocycles. The van der Waals surface area contributed by atoms with Crippen LogP contribution in [0.2, 0.25) is 5.02 Å². The molecule has 1 rings (SSSR count). The van der Waals surface area contributed by atoms with Gasteiger partial charge in [-0.15, -0.1) is 0 Å². The van der Waals surface area contributed by atoms with Gasteiger partial charge in [-0.1, -0.05) is 11.6 Å². The van der Waals surface area contributed by atoms with Gasteiger partial charge in [0.2, 0.25) is 0 Å². The molecule has 0 spiro atoms. The number of nitrogen functional groups attached to an aromatic ring is 1. The lowest BCUT2D eigenvalue weighted by molar-refractivity contribution is 0.146. The SMILES string of the molecule is Nc1nc(C(F)F)cc(Cl)c1F. The molecule has 0 aliphatic carbocycles. The average Bonchev–Trinajstić information content (AvgIpc) is 1.99. The van der Waals surface area contributed by atoms with Crippen molar-refractivity contribution in [2.24, 2.45) is 0 Å². The minimum atomic E-state index is -2.80. The smallest absolute Gasteiger partial charge is 0.280 e. The summed E-state index contributed by atoms with van der Waals surface area (Å²) in [5, 5.41) is -0.446. The van der Waals surface area contributed by atoms with Crippen molar-refractivity contribution in [1.29, 1.82) is 0 Å². The van der Waals surface area contributed by atoms with Crippen LogP contribution in [0.4, 0.5) is 19.0 Å². The maximum Gasteiger partial charge on any atom is 0.280 e. The first-order valence-corrected chi connectivity index (χ1v) is 3.29. The van der Waals surface area contributed by atoms with Crippen molar-refractivity contribution in [3.05, 3.63) is 22.6 Å². The van der Waals surface area contributed by atoms with E-state index in [0.29, 0.717) is 0 Å². The highest BCUT2D eigenvalue weighted by Crippen LogP contribution is 2.25. The minimum Gasteiger partial charge on any atom is -0.381 e. The third kappa shape index (κ3) is 1.61. The third-order valence-electron chi connectivity index (χ3n) is 1.18. The molecule has 2 nitrogen and oxygen atoms in total. The summed E-state index contributed by atoms with van der Waals surface area (Å²) in [5.41, 5.74) is 4.33. The Morgan fingerprint density at radius 1 is 1.50 bits per heavy atom. The molecule has 6 heteroatoms. The maximum absolute atomic E-state index is 12.6. The van der Waals surface area contributed by atoms with Gasteiger partial charge in [-0.2, -0.15) is 0 Å². The molecule has 0 fully saturated rings. The van der Waals surface area contributed by atoms with Crippen LogP contribution in [0, 0.1) is 5.82 Å². The van der Waals surface area contributed by atoms with Gasteiger partial charge in [-0.25, -0.2) is 18.2 Å². The van der Waals surface area contributed by atoms with Crippen LogP contribution in [0.5, 0.6) is 0 Å². The monoisotopic (exact) mass is 196 g/mol. The Labute approximate surface area is 71.2 Å². The molecule has 12 heavy (non-hydrogen) atoms. The molecule has 0 bridgehead atoms. The van der Waals surface area contributed by atoms with Gasteiger partial charge in [0.05, 0.1) is 5.02 Å². The van der Waals surface area contributed by atoms with Crippen LogP contribution in [0.15, 0.2) is 6.07 Å². The van der Waals surface area contributed by atoms with E-state index in [0.717, 1.165) is 6.07 Å². The van der Waals surface area contributed by atoms with Crippen LogP contribution >= 0.6 is 11.6 Å². The highest BCUT2D eigenvalue weighted by atomic mass is 35.5. The number of rotatable bonds is 1. The molecule has 0 aromatic carbocycles. The van der Waals surface area contributed by atoms with Crippen molar-refractivity contribution in [1.82, 2.24) is 4.98 Å². The lowest BCUT2D eigenvalue weighted by Gasteiger charge is -2.02. The van der Waals surface area contributed by atoms with E-state index in [2.05, 4.69) is 4.98 Å². The second-order valence-electron chi connectivity index (χ2n) is 2.03. The molecule has 0 saturated heterocycles. The van der Waals surface area contributed by atoms with Gasteiger partial charge in [0, 0.05) is 0 Å². The van der Waals surface area contributed by atoms with E-state index in [-0.39, 0.29) is 0 Å². The predicted molar refractivity (Wildman–Crippen MR) is 38.6 cm³/mol. The number of pyridine rings is 1. The maximum atomic E-state index is 12.6. The number of nitrogens with zero attached hydrogens (tertiary/aromatic N) is 1. The Kier molecular flexibility index (Phi) is 2.42. The number of hydrogen-bond donors (Lipinski definition) is 1. The van der Waals surface area contributed by atoms with Gasteiger partial charge in [0.1, 0.15) is 5.69 Å². The number of alkyl halides is 2. The molecular weight excluding hydrogens is 193 g/mol. The number of nitrogens with two attached hydrogens (primary N) is 1. The molecule has 0 atom stereocenters. The molecule has 1 aromatic rings. The van der Waals surface area contributed by atoms with Gasteiger partial charge in [-0.3, -0.25) is 0 Å². The highest BCUT2D eigenvalue weighted by Gasteiger charge is 2.14. The zero-order valence-electron chi connectivity index (χ0n) is 5.69. The Balaban J connectivity index is 3.21. The molecule has 2 N–H and O–H groups in total. The Morgan fingerprint density at radius 3 is 2.50 bits per heavy atom. The van der Waals surface area contributed by atoms with E-state index in [9.17, 15) is 13.2 Å². The van der Waals surface area contributed by atoms with Crippen molar-refractivity contribution >= 4 is 17.4 Å². The first kappa shape index (κ1) is 9.12. The van der Waals surface area contributed by atoms with E-state index < -0.39 is 28.8 Å². The Morgan fingerprint density at radius 2 is 2.08 bits per heavy atom. The summed E-state index contributed by atoms with van der Waals surface area (Å²) in [4.78, 5) is 3.10. The van der Waals surface area contributed by atoms with Crippen molar-refractivity contribution in [2.75, 3.05) is 5.73 Å². The number of hydrogen-bond acceptors (Lipinski definition) is 2. The highest BCUT2D eigenvalue weighted by molar-refractivity contribution is 6.31. The zero-order chi connectivity index (χ0) is 9.30. The largest absolute Gasteiger partial charge is 0.381 e. The lowest BCUT2D eigenvalue weighted by atomic mass is 10.3. The van der Waals surface area contributed by atoms with Gasteiger partial charge in [-0.05, 0) is 6.07 Å². The van der Waals surface area contributed by atoms with E-state index in [4.69, 9.17) is 17.3 Å². The summed E-state index contributed by atoms with van der Waals surface area (Å²) < 4.78 is 36.5. The summed E-state index contributed by atoms with van der Waals surface area (Å²) in [5.74, 6) is -1.58. The van der Waals surface area contributed by atoms with Crippen LogP contribution in [0.3, 0.4) is 0 Å².